The van der Waals surface area contributed by atoms with Gasteiger partial charge in [-0.2, -0.15) is 5.10 Å². The summed E-state index contributed by atoms with van der Waals surface area (Å²) in [5.74, 6) is 0.618. The second-order valence-electron chi connectivity index (χ2n) is 6.99. The van der Waals surface area contributed by atoms with Gasteiger partial charge in [-0.3, -0.25) is 4.68 Å². The normalized spacial score (nSPS) is 15.0. The van der Waals surface area contributed by atoms with Gasteiger partial charge < -0.3 is 9.64 Å². The topological polar surface area (TPSA) is 43.2 Å². The van der Waals surface area contributed by atoms with Crippen LogP contribution in [-0.4, -0.2) is 40.4 Å². The van der Waals surface area contributed by atoms with E-state index in [1.807, 2.05) is 35.3 Å². The molecule has 3 heterocycles. The molecule has 0 saturated carbocycles. The first-order valence-corrected chi connectivity index (χ1v) is 9.38. The SMILES string of the molecule is COc1ccc(C2=CCN(C)C=C2c2cnn(C(C)c3ccccc3)c2)cn1. The van der Waals surface area contributed by atoms with E-state index in [0.29, 0.717) is 5.88 Å². The van der Waals surface area contributed by atoms with Crippen LogP contribution in [0.5, 0.6) is 5.88 Å². The molecule has 0 amide bonds. The summed E-state index contributed by atoms with van der Waals surface area (Å²) in [4.78, 5) is 6.54. The predicted octanol–water partition coefficient (Wildman–Crippen LogP) is 4.27. The van der Waals surface area contributed by atoms with Crippen LogP contribution < -0.4 is 4.74 Å². The first kappa shape index (κ1) is 18.0. The van der Waals surface area contributed by atoms with Crippen LogP contribution in [0.4, 0.5) is 0 Å². The molecule has 0 aliphatic carbocycles. The average molecular weight is 372 g/mol. The fourth-order valence-electron chi connectivity index (χ4n) is 3.42. The first-order valence-electron chi connectivity index (χ1n) is 9.38. The lowest BCUT2D eigenvalue weighted by molar-refractivity contribution is 0.398. The van der Waals surface area contributed by atoms with E-state index in [1.165, 1.54) is 11.1 Å². The molecule has 0 saturated heterocycles. The highest BCUT2D eigenvalue weighted by molar-refractivity contribution is 6.05. The predicted molar refractivity (Wildman–Crippen MR) is 112 cm³/mol. The molecule has 0 N–H and O–H groups in total. The molecule has 1 atom stereocenters. The van der Waals surface area contributed by atoms with Crippen molar-refractivity contribution in [2.75, 3.05) is 20.7 Å². The number of pyridine rings is 1. The number of rotatable bonds is 5. The Bertz CT molecular complexity index is 1000. The van der Waals surface area contributed by atoms with Crippen LogP contribution >= 0.6 is 0 Å². The monoisotopic (exact) mass is 372 g/mol. The minimum absolute atomic E-state index is 0.173. The molecule has 0 spiro atoms. The van der Waals surface area contributed by atoms with Crippen molar-refractivity contribution in [2.24, 2.45) is 0 Å². The molecule has 5 heteroatoms. The van der Waals surface area contributed by atoms with E-state index in [4.69, 9.17) is 4.74 Å². The third-order valence-corrected chi connectivity index (χ3v) is 5.07. The summed E-state index contributed by atoms with van der Waals surface area (Å²) in [6, 6.07) is 14.5. The van der Waals surface area contributed by atoms with Gasteiger partial charge in [0.1, 0.15) is 0 Å². The zero-order valence-corrected chi connectivity index (χ0v) is 16.4. The van der Waals surface area contributed by atoms with E-state index in [-0.39, 0.29) is 6.04 Å². The molecule has 142 valence electrons. The molecular formula is C23H24N4O. The summed E-state index contributed by atoms with van der Waals surface area (Å²) in [5, 5.41) is 4.64. The fraction of sp³-hybridized carbons (Fsp3) is 0.217. The Morgan fingerprint density at radius 1 is 1.00 bits per heavy atom. The van der Waals surface area contributed by atoms with E-state index >= 15 is 0 Å². The van der Waals surface area contributed by atoms with Crippen molar-refractivity contribution in [3.8, 4) is 5.88 Å². The molecule has 1 unspecified atom stereocenters. The molecule has 0 bridgehead atoms. The zero-order chi connectivity index (χ0) is 19.5. The molecule has 2 aromatic heterocycles. The van der Waals surface area contributed by atoms with Gasteiger partial charge in [0.15, 0.2) is 0 Å². The van der Waals surface area contributed by atoms with Crippen LogP contribution in [0, 0.1) is 0 Å². The quantitative estimate of drug-likeness (QED) is 0.671. The number of benzene rings is 1. The highest BCUT2D eigenvalue weighted by Crippen LogP contribution is 2.34. The van der Waals surface area contributed by atoms with Crippen LogP contribution in [0.25, 0.3) is 11.1 Å². The molecule has 4 rings (SSSR count). The van der Waals surface area contributed by atoms with Crippen molar-refractivity contribution >= 4 is 11.1 Å². The van der Waals surface area contributed by atoms with Gasteiger partial charge in [0.25, 0.3) is 0 Å². The van der Waals surface area contributed by atoms with Crippen molar-refractivity contribution in [1.29, 1.82) is 0 Å². The average Bonchev–Trinajstić information content (AvgIpc) is 3.24. The summed E-state index contributed by atoms with van der Waals surface area (Å²) in [6.07, 6.45) is 10.3. The maximum absolute atomic E-state index is 5.19. The van der Waals surface area contributed by atoms with E-state index in [1.54, 1.807) is 7.11 Å². The highest BCUT2D eigenvalue weighted by atomic mass is 16.5. The fourth-order valence-corrected chi connectivity index (χ4v) is 3.42. The zero-order valence-electron chi connectivity index (χ0n) is 16.4. The molecule has 28 heavy (non-hydrogen) atoms. The van der Waals surface area contributed by atoms with Crippen LogP contribution in [0.15, 0.2) is 73.3 Å². The Labute approximate surface area is 165 Å². The Kier molecular flexibility index (Phi) is 4.98. The Morgan fingerprint density at radius 3 is 2.54 bits per heavy atom. The maximum Gasteiger partial charge on any atom is 0.212 e. The molecule has 1 aliphatic rings. The smallest absolute Gasteiger partial charge is 0.212 e. The number of methoxy groups -OCH3 is 1. The van der Waals surface area contributed by atoms with E-state index < -0.39 is 0 Å². The van der Waals surface area contributed by atoms with Gasteiger partial charge >= 0.3 is 0 Å². The highest BCUT2D eigenvalue weighted by Gasteiger charge is 2.18. The molecule has 0 fully saturated rings. The van der Waals surface area contributed by atoms with Gasteiger partial charge in [-0.1, -0.05) is 36.4 Å². The first-order chi connectivity index (χ1) is 13.7. The molecule has 5 nitrogen and oxygen atoms in total. The Balaban J connectivity index is 1.66. The van der Waals surface area contributed by atoms with Crippen molar-refractivity contribution < 1.29 is 4.74 Å². The summed E-state index contributed by atoms with van der Waals surface area (Å²) >= 11 is 0. The van der Waals surface area contributed by atoms with Gasteiger partial charge in [0.2, 0.25) is 5.88 Å². The lowest BCUT2D eigenvalue weighted by Crippen LogP contribution is -2.16. The van der Waals surface area contributed by atoms with Crippen molar-refractivity contribution in [3.05, 3.63) is 90.0 Å². The third-order valence-electron chi connectivity index (χ3n) is 5.07. The molecule has 0 radical (unpaired) electrons. The third kappa shape index (κ3) is 3.56. The summed E-state index contributed by atoms with van der Waals surface area (Å²) < 4.78 is 7.21. The van der Waals surface area contributed by atoms with E-state index in [0.717, 1.165) is 23.2 Å². The van der Waals surface area contributed by atoms with Crippen molar-refractivity contribution in [3.63, 3.8) is 0 Å². The number of hydrogen-bond acceptors (Lipinski definition) is 4. The van der Waals surface area contributed by atoms with E-state index in [2.05, 4.69) is 71.7 Å². The molecule has 3 aromatic rings. The second-order valence-corrected chi connectivity index (χ2v) is 6.99. The minimum atomic E-state index is 0.173. The minimum Gasteiger partial charge on any atom is -0.481 e. The van der Waals surface area contributed by atoms with Crippen LogP contribution in [0.2, 0.25) is 0 Å². The Hall–Kier alpha value is -3.34. The molecule has 1 aliphatic heterocycles. The summed E-state index contributed by atoms with van der Waals surface area (Å²) in [7, 11) is 3.71. The van der Waals surface area contributed by atoms with Crippen LogP contribution in [0.3, 0.4) is 0 Å². The maximum atomic E-state index is 5.19. The van der Waals surface area contributed by atoms with Crippen LogP contribution in [0.1, 0.15) is 29.7 Å². The largest absolute Gasteiger partial charge is 0.481 e. The van der Waals surface area contributed by atoms with Gasteiger partial charge in [-0.25, -0.2) is 4.98 Å². The summed E-state index contributed by atoms with van der Waals surface area (Å²) in [5.41, 5.74) is 5.72. The van der Waals surface area contributed by atoms with Gasteiger partial charge in [-0.05, 0) is 24.1 Å². The number of nitrogens with zero attached hydrogens (tertiary/aromatic N) is 4. The number of allylic oxidation sites excluding steroid dienone is 2. The number of aromatic nitrogens is 3. The van der Waals surface area contributed by atoms with Gasteiger partial charge in [0.05, 0.1) is 19.3 Å². The van der Waals surface area contributed by atoms with Gasteiger partial charge in [-0.15, -0.1) is 0 Å². The van der Waals surface area contributed by atoms with Crippen molar-refractivity contribution in [1.82, 2.24) is 19.7 Å². The summed E-state index contributed by atoms with van der Waals surface area (Å²) in [6.45, 7) is 3.02. The number of hydrogen-bond donors (Lipinski definition) is 0. The standard InChI is InChI=1S/C23H24N4O/c1-17(18-7-5-4-6-8-18)27-15-20(14-25-27)22-16-26(2)12-11-21(22)19-9-10-23(28-3)24-13-19/h4-11,13-17H,12H2,1-3H3. The van der Waals surface area contributed by atoms with Gasteiger partial charge in [0, 0.05) is 55.0 Å². The number of ether oxygens (including phenoxy) is 1. The lowest BCUT2D eigenvalue weighted by Gasteiger charge is -2.23. The number of likely N-dealkylation sites (N-methyl/N-ethyl adjacent to an activating group) is 1. The van der Waals surface area contributed by atoms with Crippen LogP contribution in [-0.2, 0) is 0 Å². The Morgan fingerprint density at radius 2 is 1.82 bits per heavy atom. The molecule has 1 aromatic carbocycles. The van der Waals surface area contributed by atoms with E-state index in [9.17, 15) is 0 Å². The second kappa shape index (κ2) is 7.72. The lowest BCUT2D eigenvalue weighted by atomic mass is 9.93. The van der Waals surface area contributed by atoms with Crippen molar-refractivity contribution in [2.45, 2.75) is 13.0 Å². The molecular weight excluding hydrogens is 348 g/mol.